The summed E-state index contributed by atoms with van der Waals surface area (Å²) in [4.78, 5) is 29.9. The van der Waals surface area contributed by atoms with E-state index in [0.717, 1.165) is 11.9 Å². The van der Waals surface area contributed by atoms with Crippen LogP contribution in [0.2, 0.25) is 0 Å². The summed E-state index contributed by atoms with van der Waals surface area (Å²) in [7, 11) is 0. The van der Waals surface area contributed by atoms with Crippen LogP contribution in [0, 0.1) is 6.92 Å². The summed E-state index contributed by atoms with van der Waals surface area (Å²) < 4.78 is 0. The molecule has 0 saturated heterocycles. The molecule has 7 nitrogen and oxygen atoms in total. The number of aliphatic imine (C=N–C) groups is 1. The maximum atomic E-state index is 11.9. The largest absolute Gasteiger partial charge is 0.512 e. The Hall–Kier alpha value is -2.70. The van der Waals surface area contributed by atoms with Gasteiger partial charge in [-0.1, -0.05) is 6.07 Å². The monoisotopic (exact) mass is 277 g/mol. The summed E-state index contributed by atoms with van der Waals surface area (Å²) >= 11 is 0. The molecule has 7 heteroatoms. The van der Waals surface area contributed by atoms with Gasteiger partial charge in [0.05, 0.1) is 5.57 Å². The minimum absolute atomic E-state index is 0.116. The topological polar surface area (TPSA) is 112 Å². The number of nitrogens with zero attached hydrogens (tertiary/aromatic N) is 2. The van der Waals surface area contributed by atoms with Crippen molar-refractivity contribution in [1.82, 2.24) is 4.98 Å². The number of aliphatic hydroxyl groups excluding tert-OH is 1. The van der Waals surface area contributed by atoms with Crippen molar-refractivity contribution >= 4 is 23.9 Å². The second-order valence-corrected chi connectivity index (χ2v) is 3.98. The van der Waals surface area contributed by atoms with Crippen molar-refractivity contribution in [3.63, 3.8) is 0 Å². The Labute approximate surface area is 115 Å². The Morgan fingerprint density at radius 2 is 2.10 bits per heavy atom. The van der Waals surface area contributed by atoms with Crippen LogP contribution in [-0.2, 0) is 9.59 Å². The first-order valence-corrected chi connectivity index (χ1v) is 5.76. The lowest BCUT2D eigenvalue weighted by atomic mass is 10.2. The summed E-state index contributed by atoms with van der Waals surface area (Å²) in [5.41, 5.74) is 0.614. The van der Waals surface area contributed by atoms with Crippen molar-refractivity contribution in [2.45, 2.75) is 13.8 Å². The first-order chi connectivity index (χ1) is 9.40. The highest BCUT2D eigenvalue weighted by Crippen LogP contribution is 2.07. The maximum absolute atomic E-state index is 11.9. The van der Waals surface area contributed by atoms with Gasteiger partial charge in [0.1, 0.15) is 18.1 Å². The Kier molecular flexibility index (Phi) is 5.40. The quantitative estimate of drug-likeness (QED) is 0.427. The van der Waals surface area contributed by atoms with Gasteiger partial charge in [0, 0.05) is 11.9 Å². The van der Waals surface area contributed by atoms with Gasteiger partial charge in [-0.15, -0.1) is 0 Å². The van der Waals surface area contributed by atoms with Gasteiger partial charge in [-0.25, -0.2) is 4.98 Å². The third kappa shape index (κ3) is 4.89. The molecule has 0 aliphatic rings. The molecule has 1 aromatic rings. The van der Waals surface area contributed by atoms with Gasteiger partial charge >= 0.3 is 5.97 Å². The highest BCUT2D eigenvalue weighted by molar-refractivity contribution is 6.17. The number of carbonyl (C=O) groups excluding carboxylic acids is 1. The Balaban J connectivity index is 2.83. The molecule has 20 heavy (non-hydrogen) atoms. The van der Waals surface area contributed by atoms with Gasteiger partial charge in [-0.2, -0.15) is 0 Å². The molecule has 0 fully saturated rings. The molecule has 0 atom stereocenters. The molecule has 0 aliphatic heterocycles. The van der Waals surface area contributed by atoms with Crippen LogP contribution in [0.25, 0.3) is 0 Å². The number of hydrogen-bond donors (Lipinski definition) is 3. The molecular formula is C13H15N3O4. The van der Waals surface area contributed by atoms with Crippen LogP contribution in [0.4, 0.5) is 5.82 Å². The number of carboxylic acids is 1. The molecule has 3 N–H and O–H groups in total. The lowest BCUT2D eigenvalue weighted by Crippen LogP contribution is -2.18. The number of nitrogens with one attached hydrogen (secondary N) is 1. The first-order valence-electron chi connectivity index (χ1n) is 5.76. The van der Waals surface area contributed by atoms with E-state index in [0.29, 0.717) is 5.82 Å². The zero-order valence-corrected chi connectivity index (χ0v) is 11.1. The van der Waals surface area contributed by atoms with Gasteiger partial charge in [0.15, 0.2) is 0 Å². The van der Waals surface area contributed by atoms with Gasteiger partial charge in [-0.3, -0.25) is 14.6 Å². The Morgan fingerprint density at radius 3 is 2.65 bits per heavy atom. The van der Waals surface area contributed by atoms with E-state index >= 15 is 0 Å². The van der Waals surface area contributed by atoms with Gasteiger partial charge in [0.2, 0.25) is 0 Å². The number of carbonyl (C=O) groups is 2. The normalized spacial score (nSPS) is 12.1. The van der Waals surface area contributed by atoms with Crippen LogP contribution < -0.4 is 5.32 Å². The summed E-state index contributed by atoms with van der Waals surface area (Å²) in [5, 5.41) is 20.4. The van der Waals surface area contributed by atoms with E-state index in [4.69, 9.17) is 5.11 Å². The van der Waals surface area contributed by atoms with Crippen molar-refractivity contribution in [3.05, 3.63) is 35.2 Å². The Morgan fingerprint density at radius 1 is 1.40 bits per heavy atom. The van der Waals surface area contributed by atoms with E-state index in [2.05, 4.69) is 15.3 Å². The average Bonchev–Trinajstić information content (AvgIpc) is 2.33. The summed E-state index contributed by atoms with van der Waals surface area (Å²) in [6, 6.07) is 5.10. The molecule has 0 spiro atoms. The van der Waals surface area contributed by atoms with Crippen molar-refractivity contribution < 1.29 is 19.8 Å². The highest BCUT2D eigenvalue weighted by atomic mass is 16.4. The number of amides is 1. The fourth-order valence-corrected chi connectivity index (χ4v) is 1.33. The zero-order valence-electron chi connectivity index (χ0n) is 11.1. The lowest BCUT2D eigenvalue weighted by Gasteiger charge is -2.06. The highest BCUT2D eigenvalue weighted by Gasteiger charge is 2.12. The smallest absolute Gasteiger partial charge is 0.325 e. The summed E-state index contributed by atoms with van der Waals surface area (Å²) in [6.07, 6.45) is 1.02. The number of aryl methyl sites for hydroxylation is 1. The number of pyridine rings is 1. The van der Waals surface area contributed by atoms with Crippen molar-refractivity contribution in [1.29, 1.82) is 0 Å². The predicted molar refractivity (Wildman–Crippen MR) is 73.9 cm³/mol. The number of aromatic nitrogens is 1. The van der Waals surface area contributed by atoms with E-state index in [1.807, 2.05) is 0 Å². The van der Waals surface area contributed by atoms with E-state index in [-0.39, 0.29) is 11.3 Å². The van der Waals surface area contributed by atoms with E-state index < -0.39 is 18.4 Å². The van der Waals surface area contributed by atoms with Crippen LogP contribution in [-0.4, -0.2) is 39.8 Å². The number of allylic oxidation sites excluding steroid dienone is 1. The summed E-state index contributed by atoms with van der Waals surface area (Å²) in [6.45, 7) is 2.61. The molecule has 0 aromatic carbocycles. The van der Waals surface area contributed by atoms with Crippen LogP contribution >= 0.6 is 0 Å². The molecule has 1 aromatic heterocycles. The molecule has 1 amide bonds. The van der Waals surface area contributed by atoms with E-state index in [1.165, 1.54) is 6.92 Å². The number of carboxylic acid groups (broad SMARTS) is 1. The molecule has 0 saturated carbocycles. The van der Waals surface area contributed by atoms with Crippen LogP contribution in [0.15, 0.2) is 34.5 Å². The van der Waals surface area contributed by atoms with Crippen LogP contribution in [0.5, 0.6) is 0 Å². The predicted octanol–water partition coefficient (Wildman–Crippen LogP) is 1.32. The fraction of sp³-hybridized carbons (Fsp3) is 0.231. The Bertz CT molecular complexity index is 575. The number of aliphatic hydroxyl groups is 1. The summed E-state index contributed by atoms with van der Waals surface area (Å²) in [5.74, 6) is -1.67. The van der Waals surface area contributed by atoms with E-state index in [9.17, 15) is 14.7 Å². The molecule has 0 unspecified atom stereocenters. The SMILES string of the molecule is C/C(O)=C(\C=NCC(=O)O)C(=O)Nc1cccc(C)n1. The fourth-order valence-electron chi connectivity index (χ4n) is 1.33. The number of hydrogen-bond acceptors (Lipinski definition) is 5. The van der Waals surface area contributed by atoms with Gasteiger partial charge < -0.3 is 15.5 Å². The zero-order chi connectivity index (χ0) is 15.1. The maximum Gasteiger partial charge on any atom is 0.325 e. The molecule has 0 radical (unpaired) electrons. The molecule has 1 heterocycles. The second kappa shape index (κ2) is 7.03. The van der Waals surface area contributed by atoms with Crippen LogP contribution in [0.3, 0.4) is 0 Å². The van der Waals surface area contributed by atoms with Crippen molar-refractivity contribution in [2.75, 3.05) is 11.9 Å². The standard InChI is InChI=1S/C13H15N3O4/c1-8-4-3-5-11(15-8)16-13(20)10(9(2)17)6-14-7-12(18)19/h3-6,17H,7H2,1-2H3,(H,18,19)(H,15,16,20)/b10-9-,14-6?. The van der Waals surface area contributed by atoms with Crippen molar-refractivity contribution in [2.24, 2.45) is 4.99 Å². The molecule has 1 rings (SSSR count). The molecule has 0 aliphatic carbocycles. The van der Waals surface area contributed by atoms with E-state index in [1.54, 1.807) is 25.1 Å². The second-order valence-electron chi connectivity index (χ2n) is 3.98. The first kappa shape index (κ1) is 15.4. The number of rotatable bonds is 5. The average molecular weight is 277 g/mol. The minimum Gasteiger partial charge on any atom is -0.512 e. The third-order valence-electron chi connectivity index (χ3n) is 2.21. The van der Waals surface area contributed by atoms with Gasteiger partial charge in [0.25, 0.3) is 5.91 Å². The minimum atomic E-state index is -1.13. The molecular weight excluding hydrogens is 262 g/mol. The third-order valence-corrected chi connectivity index (χ3v) is 2.21. The number of aliphatic carboxylic acids is 1. The van der Waals surface area contributed by atoms with Crippen LogP contribution in [0.1, 0.15) is 12.6 Å². The molecule has 106 valence electrons. The lowest BCUT2D eigenvalue weighted by molar-refractivity contribution is -0.135. The van der Waals surface area contributed by atoms with Crippen molar-refractivity contribution in [3.8, 4) is 0 Å². The van der Waals surface area contributed by atoms with Gasteiger partial charge in [-0.05, 0) is 26.0 Å². The number of anilines is 1. The molecule has 0 bridgehead atoms.